The molecule has 0 aliphatic carbocycles. The molecule has 114 valence electrons. The van der Waals surface area contributed by atoms with Crippen LogP contribution >= 0.6 is 0 Å². The molecule has 6 nitrogen and oxygen atoms in total. The number of benzene rings is 1. The largest absolute Gasteiger partial charge is 0.493 e. The zero-order valence-electron chi connectivity index (χ0n) is 12.3. The van der Waals surface area contributed by atoms with Crippen LogP contribution in [0.3, 0.4) is 0 Å². The Balaban J connectivity index is 1.57. The molecule has 0 fully saturated rings. The van der Waals surface area contributed by atoms with Crippen molar-refractivity contribution in [3.05, 3.63) is 41.5 Å². The van der Waals surface area contributed by atoms with Gasteiger partial charge >= 0.3 is 0 Å². The van der Waals surface area contributed by atoms with Crippen LogP contribution in [0.2, 0.25) is 0 Å². The molecular weight excluding hydrogens is 280 g/mol. The number of carbonyl (C=O) groups is 1. The molecule has 6 heteroatoms. The van der Waals surface area contributed by atoms with Crippen LogP contribution in [0.15, 0.2) is 24.4 Å². The third kappa shape index (κ3) is 2.35. The Labute approximate surface area is 128 Å². The Hall–Kier alpha value is -2.34. The van der Waals surface area contributed by atoms with Crippen molar-refractivity contribution in [1.82, 2.24) is 14.9 Å². The summed E-state index contributed by atoms with van der Waals surface area (Å²) >= 11 is 0. The summed E-state index contributed by atoms with van der Waals surface area (Å²) in [7, 11) is 0. The zero-order valence-corrected chi connectivity index (χ0v) is 12.3. The van der Waals surface area contributed by atoms with Crippen LogP contribution in [-0.4, -0.2) is 35.2 Å². The van der Waals surface area contributed by atoms with Crippen molar-refractivity contribution < 1.29 is 9.53 Å². The molecule has 0 unspecified atom stereocenters. The minimum absolute atomic E-state index is 0.158. The van der Waals surface area contributed by atoms with Gasteiger partial charge < -0.3 is 19.9 Å². The second-order valence-corrected chi connectivity index (χ2v) is 5.57. The number of hydrogen-bond donors (Lipinski definition) is 2. The first-order valence-corrected chi connectivity index (χ1v) is 7.64. The number of hydrogen-bond acceptors (Lipinski definition) is 4. The fourth-order valence-corrected chi connectivity index (χ4v) is 3.01. The average molecular weight is 298 g/mol. The van der Waals surface area contributed by atoms with E-state index in [2.05, 4.69) is 20.2 Å². The summed E-state index contributed by atoms with van der Waals surface area (Å²) in [5.41, 5.74) is 2.37. The number of fused-ring (bicyclic) bond motifs is 2. The topological polar surface area (TPSA) is 68.2 Å². The number of ether oxygens (including phenoxy) is 1. The number of nitrogens with one attached hydrogen (secondary N) is 2. The summed E-state index contributed by atoms with van der Waals surface area (Å²) in [6, 6.07) is 5.74. The van der Waals surface area contributed by atoms with Gasteiger partial charge in [0.15, 0.2) is 0 Å². The van der Waals surface area contributed by atoms with Crippen LogP contribution in [-0.2, 0) is 19.4 Å². The highest BCUT2D eigenvalue weighted by atomic mass is 16.5. The molecule has 0 spiro atoms. The Kier molecular flexibility index (Phi) is 3.31. The van der Waals surface area contributed by atoms with Gasteiger partial charge in [0, 0.05) is 49.9 Å². The Morgan fingerprint density at radius 1 is 1.32 bits per heavy atom. The second-order valence-electron chi connectivity index (χ2n) is 5.57. The lowest BCUT2D eigenvalue weighted by Crippen LogP contribution is -2.18. The molecular formula is C16H18N4O2. The van der Waals surface area contributed by atoms with E-state index < -0.39 is 0 Å². The summed E-state index contributed by atoms with van der Waals surface area (Å²) in [4.78, 5) is 17.0. The van der Waals surface area contributed by atoms with Gasteiger partial charge in [0.2, 0.25) is 0 Å². The lowest BCUT2D eigenvalue weighted by Gasteiger charge is -2.07. The SMILES string of the molecule is O=C(Nc1cccc2c1CCO2)c1cn2c(n1)CCNCC2. The smallest absolute Gasteiger partial charge is 0.275 e. The number of carbonyl (C=O) groups excluding carboxylic acids is 1. The van der Waals surface area contributed by atoms with Gasteiger partial charge in [-0.15, -0.1) is 0 Å². The molecule has 22 heavy (non-hydrogen) atoms. The van der Waals surface area contributed by atoms with Crippen LogP contribution in [0.5, 0.6) is 5.75 Å². The minimum atomic E-state index is -0.158. The van der Waals surface area contributed by atoms with Crippen molar-refractivity contribution in [2.75, 3.05) is 25.0 Å². The zero-order chi connectivity index (χ0) is 14.9. The first-order chi connectivity index (χ1) is 10.8. The van der Waals surface area contributed by atoms with Gasteiger partial charge in [-0.1, -0.05) is 6.07 Å². The standard InChI is InChI=1S/C16H18N4O2/c21-16(13-10-20-8-7-17-6-4-15(20)18-13)19-12-2-1-3-14-11(12)5-9-22-14/h1-3,10,17H,4-9H2,(H,19,21). The highest BCUT2D eigenvalue weighted by Gasteiger charge is 2.20. The molecule has 0 saturated carbocycles. The van der Waals surface area contributed by atoms with Crippen LogP contribution in [0.25, 0.3) is 0 Å². The van der Waals surface area contributed by atoms with Gasteiger partial charge in [-0.25, -0.2) is 4.98 Å². The van der Waals surface area contributed by atoms with Gasteiger partial charge in [0.05, 0.1) is 6.61 Å². The van der Waals surface area contributed by atoms with Gasteiger partial charge in [0.1, 0.15) is 17.3 Å². The van der Waals surface area contributed by atoms with Crippen molar-refractivity contribution >= 4 is 11.6 Å². The molecule has 1 aromatic heterocycles. The summed E-state index contributed by atoms with van der Waals surface area (Å²) in [5, 5.41) is 6.29. The summed E-state index contributed by atoms with van der Waals surface area (Å²) in [5.74, 6) is 1.68. The number of anilines is 1. The Morgan fingerprint density at radius 2 is 2.27 bits per heavy atom. The van der Waals surface area contributed by atoms with E-state index in [0.717, 1.165) is 55.3 Å². The van der Waals surface area contributed by atoms with Crippen molar-refractivity contribution in [3.63, 3.8) is 0 Å². The van der Waals surface area contributed by atoms with E-state index in [9.17, 15) is 4.79 Å². The molecule has 0 radical (unpaired) electrons. The fourth-order valence-electron chi connectivity index (χ4n) is 3.01. The van der Waals surface area contributed by atoms with Crippen molar-refractivity contribution in [2.45, 2.75) is 19.4 Å². The lowest BCUT2D eigenvalue weighted by molar-refractivity contribution is 0.102. The van der Waals surface area contributed by atoms with Crippen LogP contribution < -0.4 is 15.4 Å². The van der Waals surface area contributed by atoms with Crippen LogP contribution in [0.4, 0.5) is 5.69 Å². The molecule has 2 N–H and O–H groups in total. The predicted octanol–water partition coefficient (Wildman–Crippen LogP) is 1.22. The molecule has 2 aliphatic rings. The van der Waals surface area contributed by atoms with Gasteiger partial charge in [-0.3, -0.25) is 4.79 Å². The van der Waals surface area contributed by atoms with Crippen molar-refractivity contribution in [1.29, 1.82) is 0 Å². The molecule has 4 rings (SSSR count). The summed E-state index contributed by atoms with van der Waals surface area (Å²) < 4.78 is 7.59. The summed E-state index contributed by atoms with van der Waals surface area (Å²) in [6.07, 6.45) is 3.52. The lowest BCUT2D eigenvalue weighted by atomic mass is 10.1. The van der Waals surface area contributed by atoms with Crippen LogP contribution in [0.1, 0.15) is 21.9 Å². The molecule has 0 bridgehead atoms. The highest BCUT2D eigenvalue weighted by Crippen LogP contribution is 2.31. The van der Waals surface area contributed by atoms with Crippen LogP contribution in [0, 0.1) is 0 Å². The maximum atomic E-state index is 12.5. The highest BCUT2D eigenvalue weighted by molar-refractivity contribution is 6.03. The molecule has 2 aromatic rings. The van der Waals surface area contributed by atoms with E-state index in [0.29, 0.717) is 12.3 Å². The van der Waals surface area contributed by atoms with Gasteiger partial charge in [-0.2, -0.15) is 0 Å². The normalized spacial score (nSPS) is 16.4. The van der Waals surface area contributed by atoms with Gasteiger partial charge in [-0.05, 0) is 12.1 Å². The van der Waals surface area contributed by atoms with Crippen molar-refractivity contribution in [3.8, 4) is 5.75 Å². The first-order valence-electron chi connectivity index (χ1n) is 7.64. The minimum Gasteiger partial charge on any atom is -0.493 e. The van der Waals surface area contributed by atoms with E-state index in [1.165, 1.54) is 0 Å². The summed E-state index contributed by atoms with van der Waals surface area (Å²) in [6.45, 7) is 3.34. The molecule has 1 aromatic carbocycles. The number of amides is 1. The van der Waals surface area contributed by atoms with E-state index in [1.807, 2.05) is 24.4 Å². The maximum absolute atomic E-state index is 12.5. The Morgan fingerprint density at radius 3 is 3.23 bits per heavy atom. The third-order valence-electron chi connectivity index (χ3n) is 4.14. The van der Waals surface area contributed by atoms with E-state index >= 15 is 0 Å². The number of imidazole rings is 1. The molecule has 0 atom stereocenters. The Bertz CT molecular complexity index is 699. The molecule has 0 saturated heterocycles. The molecule has 2 aliphatic heterocycles. The van der Waals surface area contributed by atoms with E-state index in [4.69, 9.17) is 4.74 Å². The predicted molar refractivity (Wildman–Crippen MR) is 82.4 cm³/mol. The number of rotatable bonds is 2. The second kappa shape index (κ2) is 5.46. The number of nitrogens with zero attached hydrogens (tertiary/aromatic N) is 2. The molecule has 3 heterocycles. The van der Waals surface area contributed by atoms with Crippen molar-refractivity contribution in [2.24, 2.45) is 0 Å². The monoisotopic (exact) mass is 298 g/mol. The number of aromatic nitrogens is 2. The third-order valence-corrected chi connectivity index (χ3v) is 4.14. The first kappa shape index (κ1) is 13.3. The fraction of sp³-hybridized carbons (Fsp3) is 0.375. The quantitative estimate of drug-likeness (QED) is 0.874. The van der Waals surface area contributed by atoms with E-state index in [1.54, 1.807) is 0 Å². The van der Waals surface area contributed by atoms with Gasteiger partial charge in [0.25, 0.3) is 5.91 Å². The average Bonchev–Trinajstić information content (AvgIpc) is 3.10. The maximum Gasteiger partial charge on any atom is 0.275 e. The van der Waals surface area contributed by atoms with E-state index in [-0.39, 0.29) is 5.91 Å². The molecule has 1 amide bonds.